The number of anilines is 6. The van der Waals surface area contributed by atoms with Gasteiger partial charge in [-0.1, -0.05) is 25.4 Å². The third kappa shape index (κ3) is 8.82. The number of morpholine rings is 2. The molecule has 0 spiro atoms. The van der Waals surface area contributed by atoms with Crippen molar-refractivity contribution in [3.05, 3.63) is 75.9 Å². The minimum atomic E-state index is -0.737. The van der Waals surface area contributed by atoms with Gasteiger partial charge in [-0.25, -0.2) is 32.5 Å². The first-order valence-electron chi connectivity index (χ1n) is 21.4. The zero-order valence-corrected chi connectivity index (χ0v) is 35.6. The predicted molar refractivity (Wildman–Crippen MR) is 233 cm³/mol. The van der Waals surface area contributed by atoms with E-state index in [1.54, 1.807) is 9.80 Å². The Morgan fingerprint density at radius 1 is 0.645 bits per heavy atom. The van der Waals surface area contributed by atoms with E-state index in [2.05, 4.69) is 25.1 Å². The fraction of sp³-hybridized carbons (Fsp3) is 0.444. The number of nitrogens with zero attached hydrogens (tertiary/aromatic N) is 7. The third-order valence-electron chi connectivity index (χ3n) is 11.8. The molecule has 0 atom stereocenters. The molecule has 1 N–H and O–H groups in total. The molecule has 0 unspecified atom stereocenters. The average Bonchev–Trinajstić information content (AvgIpc) is 3.27. The van der Waals surface area contributed by atoms with E-state index in [-0.39, 0.29) is 38.6 Å². The molecule has 0 saturated carbocycles. The lowest BCUT2D eigenvalue weighted by atomic mass is 10.0. The van der Waals surface area contributed by atoms with Crippen LogP contribution >= 0.6 is 11.6 Å². The van der Waals surface area contributed by atoms with Crippen molar-refractivity contribution in [2.75, 3.05) is 90.6 Å². The van der Waals surface area contributed by atoms with Crippen LogP contribution in [0.2, 0.25) is 5.02 Å². The van der Waals surface area contributed by atoms with Crippen LogP contribution in [0.25, 0.3) is 21.8 Å². The van der Waals surface area contributed by atoms with Gasteiger partial charge in [-0.15, -0.1) is 0 Å². The molecule has 5 aromatic rings. The fourth-order valence-electron chi connectivity index (χ4n) is 8.62. The van der Waals surface area contributed by atoms with Gasteiger partial charge < -0.3 is 24.6 Å². The van der Waals surface area contributed by atoms with Gasteiger partial charge in [0.25, 0.3) is 0 Å². The predicted octanol–water partition coefficient (Wildman–Crippen LogP) is 8.65. The standard InChI is InChI=1S/C29H34F2N6O3.C16H15ClF2N2O/c1-2-21-27(26-22(31)15-19(30)16-23(26)34-28(21)37-6-4-3-5-25(37)38)33-24-17-20(35-7-11-39-12-8-35)18-32-29(24)36-9-13-40-14-10-36;1-2-10-15(17)14-11(19)7-9(18)8-12(14)20-16(10)21-6-4-3-5-13(21)22/h15-18H,2-14H2,1H3,(H,33,34);7-8H,2-6H2,1H3. The number of fused-ring (bicyclic) bond motifs is 2. The molecule has 7 heterocycles. The molecule has 2 aromatic carbocycles. The number of aromatic nitrogens is 3. The second kappa shape index (κ2) is 19.0. The number of ether oxygens (including phenoxy) is 2. The zero-order valence-electron chi connectivity index (χ0n) is 34.8. The number of halogens is 5. The van der Waals surface area contributed by atoms with Crippen molar-refractivity contribution in [1.82, 2.24) is 15.0 Å². The van der Waals surface area contributed by atoms with E-state index in [1.807, 2.05) is 26.1 Å². The number of pyridine rings is 3. The van der Waals surface area contributed by atoms with E-state index in [0.717, 1.165) is 68.5 Å². The molecule has 4 aliphatic rings. The Labute approximate surface area is 362 Å². The second-order valence-corrected chi connectivity index (χ2v) is 16.1. The summed E-state index contributed by atoms with van der Waals surface area (Å²) in [6.07, 6.45) is 7.14. The maximum absolute atomic E-state index is 15.5. The Kier molecular flexibility index (Phi) is 13.3. The van der Waals surface area contributed by atoms with Crippen molar-refractivity contribution in [3.8, 4) is 0 Å². The van der Waals surface area contributed by atoms with Crippen molar-refractivity contribution < 1.29 is 36.6 Å². The van der Waals surface area contributed by atoms with Gasteiger partial charge >= 0.3 is 0 Å². The topological polar surface area (TPSA) is 116 Å². The van der Waals surface area contributed by atoms with Crippen LogP contribution in [0.1, 0.15) is 63.5 Å². The summed E-state index contributed by atoms with van der Waals surface area (Å²) in [5.74, 6) is -1.32. The number of hydrogen-bond donors (Lipinski definition) is 1. The number of amides is 2. The normalized spacial score (nSPS) is 17.5. The number of benzene rings is 2. The lowest BCUT2D eigenvalue weighted by molar-refractivity contribution is -0.120. The third-order valence-corrected chi connectivity index (χ3v) is 12.2. The van der Waals surface area contributed by atoms with Gasteiger partial charge in [0.1, 0.15) is 34.9 Å². The van der Waals surface area contributed by atoms with E-state index in [9.17, 15) is 22.8 Å². The summed E-state index contributed by atoms with van der Waals surface area (Å²) in [5.41, 5.74) is 3.73. The first-order chi connectivity index (χ1) is 30.1. The quantitative estimate of drug-likeness (QED) is 0.152. The zero-order chi connectivity index (χ0) is 43.5. The van der Waals surface area contributed by atoms with Crippen LogP contribution in [0.4, 0.5) is 52.1 Å². The van der Waals surface area contributed by atoms with Crippen molar-refractivity contribution >= 4 is 79.7 Å². The van der Waals surface area contributed by atoms with E-state index < -0.39 is 23.3 Å². The van der Waals surface area contributed by atoms with Crippen LogP contribution in [-0.4, -0.2) is 92.5 Å². The number of carbonyl (C=O) groups is 2. The highest BCUT2D eigenvalue weighted by atomic mass is 35.5. The van der Waals surface area contributed by atoms with E-state index >= 15 is 4.39 Å². The van der Waals surface area contributed by atoms with E-state index in [4.69, 9.17) is 26.1 Å². The second-order valence-electron chi connectivity index (χ2n) is 15.7. The summed E-state index contributed by atoms with van der Waals surface area (Å²) in [6, 6.07) is 6.07. The molecule has 4 aliphatic heterocycles. The van der Waals surface area contributed by atoms with Crippen LogP contribution in [0.3, 0.4) is 0 Å². The van der Waals surface area contributed by atoms with Crippen molar-refractivity contribution in [2.45, 2.75) is 65.2 Å². The summed E-state index contributed by atoms with van der Waals surface area (Å²) < 4.78 is 68.6. The number of rotatable bonds is 8. The Bertz CT molecular complexity index is 2500. The molecule has 2 amide bonds. The molecule has 17 heteroatoms. The smallest absolute Gasteiger partial charge is 0.228 e. The summed E-state index contributed by atoms with van der Waals surface area (Å²) in [5, 5.41) is 4.03. The molecule has 3 aromatic heterocycles. The van der Waals surface area contributed by atoms with Gasteiger partial charge in [-0.3, -0.25) is 19.4 Å². The molecule has 12 nitrogen and oxygen atoms in total. The molecule has 62 heavy (non-hydrogen) atoms. The monoisotopic (exact) mass is 876 g/mol. The van der Waals surface area contributed by atoms with Gasteiger partial charge in [0, 0.05) is 87.5 Å². The van der Waals surface area contributed by atoms with Gasteiger partial charge in [-0.05, 0) is 44.6 Å². The average molecular weight is 877 g/mol. The first-order valence-corrected chi connectivity index (χ1v) is 21.8. The molecule has 0 aliphatic carbocycles. The fourth-order valence-corrected chi connectivity index (χ4v) is 9.03. The maximum Gasteiger partial charge on any atom is 0.228 e. The highest BCUT2D eigenvalue weighted by Crippen LogP contribution is 2.41. The SMILES string of the molecule is CCc1c(N2CCCCC2=O)nc2cc(F)cc(F)c2c1Cl.CCc1c(N2CCCCC2=O)nc2cc(F)cc(F)c2c1Nc1cc(N2CCOCC2)cnc1N1CCOCC1. The molecular formula is C45H49ClF4N8O4. The number of hydrogen-bond acceptors (Lipinski definition) is 10. The lowest BCUT2D eigenvalue weighted by Crippen LogP contribution is -2.38. The molecule has 328 valence electrons. The lowest BCUT2D eigenvalue weighted by Gasteiger charge is -2.33. The van der Waals surface area contributed by atoms with Gasteiger partial charge in [0.05, 0.1) is 76.5 Å². The Morgan fingerprint density at radius 2 is 1.16 bits per heavy atom. The number of carbonyl (C=O) groups excluding carboxylic acids is 2. The summed E-state index contributed by atoms with van der Waals surface area (Å²) >= 11 is 6.33. The Balaban J connectivity index is 0.000000203. The Hall–Kier alpha value is -5.32. The van der Waals surface area contributed by atoms with E-state index in [1.165, 1.54) is 6.07 Å². The van der Waals surface area contributed by atoms with Crippen LogP contribution in [0, 0.1) is 23.3 Å². The molecule has 0 radical (unpaired) electrons. The molecular weight excluding hydrogens is 828 g/mol. The van der Waals surface area contributed by atoms with Crippen LogP contribution in [-0.2, 0) is 31.9 Å². The molecule has 4 fully saturated rings. The van der Waals surface area contributed by atoms with Crippen LogP contribution in [0.5, 0.6) is 0 Å². The van der Waals surface area contributed by atoms with Gasteiger partial charge in [0.2, 0.25) is 11.8 Å². The Morgan fingerprint density at radius 3 is 1.71 bits per heavy atom. The van der Waals surface area contributed by atoms with Crippen molar-refractivity contribution in [2.24, 2.45) is 0 Å². The molecule has 4 saturated heterocycles. The minimum absolute atomic E-state index is 0.0271. The van der Waals surface area contributed by atoms with Gasteiger partial charge in [-0.2, -0.15) is 0 Å². The highest BCUT2D eigenvalue weighted by molar-refractivity contribution is 6.36. The van der Waals surface area contributed by atoms with Crippen molar-refractivity contribution in [3.63, 3.8) is 0 Å². The minimum Gasteiger partial charge on any atom is -0.378 e. The summed E-state index contributed by atoms with van der Waals surface area (Å²) in [4.78, 5) is 46.6. The van der Waals surface area contributed by atoms with Crippen LogP contribution < -0.4 is 24.9 Å². The van der Waals surface area contributed by atoms with E-state index in [0.29, 0.717) is 112 Å². The largest absolute Gasteiger partial charge is 0.378 e. The number of nitrogens with one attached hydrogen (secondary N) is 1. The maximum atomic E-state index is 15.5. The highest BCUT2D eigenvalue weighted by Gasteiger charge is 2.29. The first kappa shape index (κ1) is 43.3. The van der Waals surface area contributed by atoms with Crippen molar-refractivity contribution in [1.29, 1.82) is 0 Å². The molecule has 0 bridgehead atoms. The summed E-state index contributed by atoms with van der Waals surface area (Å²) in [7, 11) is 0. The van der Waals surface area contributed by atoms with Gasteiger partial charge in [0.15, 0.2) is 5.82 Å². The number of piperidine rings is 2. The van der Waals surface area contributed by atoms with Crippen LogP contribution in [0.15, 0.2) is 36.5 Å². The molecule has 9 rings (SSSR count). The summed E-state index contributed by atoms with van der Waals surface area (Å²) in [6.45, 7) is 10.2.